The van der Waals surface area contributed by atoms with Crippen molar-refractivity contribution in [3.63, 3.8) is 0 Å². The van der Waals surface area contributed by atoms with Crippen molar-refractivity contribution in [1.29, 1.82) is 5.26 Å². The van der Waals surface area contributed by atoms with Crippen LogP contribution in [0.4, 0.5) is 0 Å². The largest absolute Gasteiger partial charge is 0.346 e. The topological polar surface area (TPSA) is 65.8 Å². The van der Waals surface area contributed by atoms with E-state index in [1.165, 1.54) is 11.1 Å². The molecule has 4 rings (SSSR count). The number of aromatic nitrogens is 1. The highest BCUT2D eigenvalue weighted by Crippen LogP contribution is 2.47. The number of carbonyl (C=O) groups excluding carboxylic acids is 1. The maximum absolute atomic E-state index is 12.6. The summed E-state index contributed by atoms with van der Waals surface area (Å²) in [6.45, 7) is 6.26. The highest BCUT2D eigenvalue weighted by Gasteiger charge is 2.39. The number of benzene rings is 1. The third kappa shape index (κ3) is 4.01. The third-order valence-corrected chi connectivity index (χ3v) is 5.09. The first kappa shape index (κ1) is 19.9. The molecule has 0 spiro atoms. The molecule has 2 aromatic rings. The van der Waals surface area contributed by atoms with Gasteiger partial charge in [0.15, 0.2) is 0 Å². The minimum Gasteiger partial charge on any atom is -0.346 e. The second kappa shape index (κ2) is 8.02. The second-order valence-corrected chi connectivity index (χ2v) is 7.13. The van der Waals surface area contributed by atoms with Crippen LogP contribution in [0.15, 0.2) is 47.7 Å². The molecule has 28 heavy (non-hydrogen) atoms. The summed E-state index contributed by atoms with van der Waals surface area (Å²) in [5.74, 6) is -0.182. The first-order valence-electron chi connectivity index (χ1n) is 9.58. The van der Waals surface area contributed by atoms with Crippen LogP contribution >= 0.6 is 0 Å². The summed E-state index contributed by atoms with van der Waals surface area (Å²) in [7, 11) is 5.74. The molecule has 0 unspecified atom stereocenters. The van der Waals surface area contributed by atoms with E-state index in [-0.39, 0.29) is 7.33 Å². The van der Waals surface area contributed by atoms with Gasteiger partial charge in [0.1, 0.15) is 7.85 Å². The number of nitrogens with zero attached hydrogens (tertiary/aromatic N) is 2. The molecule has 0 saturated carbocycles. The molecule has 2 aliphatic rings. The lowest BCUT2D eigenvalue weighted by molar-refractivity contribution is 0.0950. The minimum atomic E-state index is -0.606. The van der Waals surface area contributed by atoms with Crippen LogP contribution in [0.5, 0.6) is 0 Å². The van der Waals surface area contributed by atoms with E-state index < -0.39 is 5.41 Å². The molecule has 2 aliphatic carbocycles. The summed E-state index contributed by atoms with van der Waals surface area (Å²) >= 11 is 0. The number of rotatable bonds is 3. The van der Waals surface area contributed by atoms with E-state index in [2.05, 4.69) is 22.8 Å². The number of amides is 1. The van der Waals surface area contributed by atoms with Crippen molar-refractivity contribution < 1.29 is 6.22 Å². The molecule has 1 atom stereocenters. The van der Waals surface area contributed by atoms with Gasteiger partial charge in [-0.05, 0) is 49.1 Å². The Hall–Kier alpha value is -2.87. The van der Waals surface area contributed by atoms with E-state index in [9.17, 15) is 10.1 Å². The molecule has 0 saturated heterocycles. The van der Waals surface area contributed by atoms with Crippen molar-refractivity contribution in [2.24, 2.45) is 0 Å². The molecule has 1 aromatic heterocycles. The number of fused-ring (bicyclic) bond motifs is 1. The maximum atomic E-state index is 12.6. The summed E-state index contributed by atoms with van der Waals surface area (Å²) in [5, 5.41) is 12.6. The zero-order chi connectivity index (χ0) is 20.3. The first-order chi connectivity index (χ1) is 13.5. The predicted molar refractivity (Wildman–Crippen MR) is 113 cm³/mol. The van der Waals surface area contributed by atoms with Gasteiger partial charge < -0.3 is 5.32 Å². The summed E-state index contributed by atoms with van der Waals surface area (Å²) in [4.78, 5) is 16.8. The van der Waals surface area contributed by atoms with Gasteiger partial charge in [0.2, 0.25) is 0 Å². The molecule has 0 aliphatic heterocycles. The van der Waals surface area contributed by atoms with Crippen LogP contribution in [0.1, 0.15) is 55.8 Å². The molecule has 1 amide bonds. The minimum absolute atomic E-state index is 0. The smallest absolute Gasteiger partial charge is 0.251 e. The molecular weight excluding hydrogens is 345 g/mol. The van der Waals surface area contributed by atoms with E-state index in [0.29, 0.717) is 29.7 Å². The van der Waals surface area contributed by atoms with Crippen molar-refractivity contribution in [2.45, 2.75) is 45.6 Å². The van der Waals surface area contributed by atoms with E-state index in [1.807, 2.05) is 39.0 Å². The molecular formula is C23H25BN3O. The highest BCUT2D eigenvalue weighted by atomic mass is 16.1. The van der Waals surface area contributed by atoms with Gasteiger partial charge in [-0.15, -0.1) is 0 Å². The molecule has 1 aromatic carbocycles. The zero-order valence-electron chi connectivity index (χ0n) is 16.5. The van der Waals surface area contributed by atoms with Crippen molar-refractivity contribution in [3.05, 3.63) is 76.5 Å². The van der Waals surface area contributed by atoms with E-state index >= 15 is 0 Å². The van der Waals surface area contributed by atoms with Crippen molar-refractivity contribution in [3.8, 4) is 6.07 Å². The Balaban J connectivity index is 0.000000970. The molecule has 0 bridgehead atoms. The molecule has 4 nitrogen and oxygen atoms in total. The summed E-state index contributed by atoms with van der Waals surface area (Å²) in [6.07, 6.45) is 5.34. The number of allylic oxidation sites excluding steroid dienone is 2. The summed E-state index contributed by atoms with van der Waals surface area (Å²) < 4.78 is 0. The van der Waals surface area contributed by atoms with Gasteiger partial charge in [0.05, 0.1) is 23.7 Å². The number of carbonyl (C=O) groups is 1. The summed E-state index contributed by atoms with van der Waals surface area (Å²) in [5.41, 5.74) is 5.97. The number of hydrogen-bond donors (Lipinski definition) is 1. The Morgan fingerprint density at radius 1 is 1.32 bits per heavy atom. The van der Waals surface area contributed by atoms with Gasteiger partial charge in [-0.1, -0.05) is 42.6 Å². The molecule has 3 radical (unpaired) electrons. The average molecular weight is 370 g/mol. The molecule has 5 heteroatoms. The van der Waals surface area contributed by atoms with Gasteiger partial charge in [-0.2, -0.15) is 5.26 Å². The Labute approximate surface area is 169 Å². The number of pyridine rings is 1. The fourth-order valence-corrected chi connectivity index (χ4v) is 3.54. The van der Waals surface area contributed by atoms with Crippen LogP contribution in [0.2, 0.25) is 0 Å². The highest BCUT2D eigenvalue weighted by molar-refractivity contribution is 6.32. The fourth-order valence-electron chi connectivity index (χ4n) is 3.54. The van der Waals surface area contributed by atoms with Crippen molar-refractivity contribution in [1.82, 2.24) is 10.3 Å². The molecule has 1 heterocycles. The Morgan fingerprint density at radius 3 is 2.82 bits per heavy atom. The van der Waals surface area contributed by atoms with Gasteiger partial charge in [0.25, 0.3) is 5.91 Å². The number of nitrogens with one attached hydrogen (secondary N) is 1. The Morgan fingerprint density at radius 2 is 2.11 bits per heavy atom. The zero-order valence-corrected chi connectivity index (χ0v) is 16.5. The summed E-state index contributed by atoms with van der Waals surface area (Å²) in [6, 6.07) is 11.6. The first-order valence-corrected chi connectivity index (χ1v) is 9.58. The van der Waals surface area contributed by atoms with Gasteiger partial charge >= 0.3 is 0 Å². The standard InChI is InChI=1S/C21H17BN3O.C2H6.H2/c1-21(12-23)10-16-7-15(16)6-13-2-3-14(8-19(13)21)20(26)25-11-18-9-17(22)4-5-24-18;1-2;/h2-5,7-9H,6,10-11H2,1H3,(H,25,26);1-2H3;1H/t21-;;/m0../s1. The monoisotopic (exact) mass is 370 g/mol. The van der Waals surface area contributed by atoms with Gasteiger partial charge in [-0.25, -0.2) is 0 Å². The Bertz CT molecular complexity index is 996. The SMILES string of the molecule is CC.[B]c1ccnc(CNC(=O)c2ccc3c(c2)[C@](C)(C#N)CC2=C([CH]2)C3)c1.[HH]. The normalized spacial score (nSPS) is 19.2. The molecule has 0 fully saturated rings. The Kier molecular flexibility index (Phi) is 5.69. The van der Waals surface area contributed by atoms with Crippen molar-refractivity contribution >= 4 is 19.2 Å². The van der Waals surface area contributed by atoms with Gasteiger partial charge in [0, 0.05) is 19.6 Å². The maximum Gasteiger partial charge on any atom is 0.251 e. The lowest BCUT2D eigenvalue weighted by Gasteiger charge is -2.24. The lowest BCUT2D eigenvalue weighted by atomic mass is 9.77. The molecule has 1 N–H and O–H groups in total. The fraction of sp³-hybridized carbons (Fsp3) is 0.304. The lowest BCUT2D eigenvalue weighted by Crippen LogP contribution is -2.26. The third-order valence-electron chi connectivity index (χ3n) is 5.09. The van der Waals surface area contributed by atoms with Crippen LogP contribution in [0.3, 0.4) is 0 Å². The number of nitriles is 1. The van der Waals surface area contributed by atoms with E-state index in [4.69, 9.17) is 7.85 Å². The van der Waals surface area contributed by atoms with Crippen LogP contribution in [0.25, 0.3) is 0 Å². The average Bonchev–Trinajstić information content (AvgIpc) is 3.45. The number of hydrogen-bond acceptors (Lipinski definition) is 3. The van der Waals surface area contributed by atoms with Gasteiger partial charge in [-0.3, -0.25) is 9.78 Å². The predicted octanol–water partition coefficient (Wildman–Crippen LogP) is 3.32. The van der Waals surface area contributed by atoms with Crippen LogP contribution in [-0.2, 0) is 18.4 Å². The van der Waals surface area contributed by atoms with Crippen LogP contribution < -0.4 is 10.8 Å². The van der Waals surface area contributed by atoms with Crippen LogP contribution in [-0.4, -0.2) is 18.7 Å². The van der Waals surface area contributed by atoms with Crippen molar-refractivity contribution in [2.75, 3.05) is 0 Å². The van der Waals surface area contributed by atoms with Crippen LogP contribution in [0, 0.1) is 17.8 Å². The second-order valence-electron chi connectivity index (χ2n) is 7.13. The quantitative estimate of drug-likeness (QED) is 0.843. The molecule has 141 valence electrons. The van der Waals surface area contributed by atoms with E-state index in [0.717, 1.165) is 17.5 Å². The van der Waals surface area contributed by atoms with E-state index in [1.54, 1.807) is 18.3 Å².